The van der Waals surface area contributed by atoms with Crippen LogP contribution in [0.2, 0.25) is 0 Å². The number of amides is 1. The number of carbonyl (C=O) groups excluding carboxylic acids is 1. The number of terminal acetylenes is 1. The second-order valence-electron chi connectivity index (χ2n) is 5.39. The molecule has 0 aromatic heterocycles. The van der Waals surface area contributed by atoms with E-state index in [2.05, 4.69) is 5.92 Å². The smallest absolute Gasteiger partial charge is 0.253 e. The lowest BCUT2D eigenvalue weighted by molar-refractivity contribution is 0.0521. The number of nitrogens with zero attached hydrogens (tertiary/aromatic N) is 1. The first-order valence-electron chi connectivity index (χ1n) is 7.25. The van der Waals surface area contributed by atoms with E-state index < -0.39 is 0 Å². The Morgan fingerprint density at radius 1 is 1.43 bits per heavy atom. The Kier molecular flexibility index (Phi) is 5.24. The fourth-order valence-corrected chi connectivity index (χ4v) is 2.59. The van der Waals surface area contributed by atoms with E-state index in [-0.39, 0.29) is 18.6 Å². The molecule has 2 rings (SSSR count). The summed E-state index contributed by atoms with van der Waals surface area (Å²) in [5.41, 5.74) is 0.651. The number of piperidine rings is 1. The number of ether oxygens (including phenoxy) is 1. The molecule has 0 saturated carbocycles. The van der Waals surface area contributed by atoms with Crippen LogP contribution in [-0.2, 0) is 0 Å². The number of benzene rings is 1. The summed E-state index contributed by atoms with van der Waals surface area (Å²) in [4.78, 5) is 14.2. The predicted molar refractivity (Wildman–Crippen MR) is 81.1 cm³/mol. The van der Waals surface area contributed by atoms with Crippen LogP contribution in [0.15, 0.2) is 24.3 Å². The van der Waals surface area contributed by atoms with E-state index in [9.17, 15) is 9.90 Å². The van der Waals surface area contributed by atoms with E-state index in [0.717, 1.165) is 12.8 Å². The van der Waals surface area contributed by atoms with Gasteiger partial charge >= 0.3 is 0 Å². The van der Waals surface area contributed by atoms with Gasteiger partial charge in [0.1, 0.15) is 12.4 Å². The maximum Gasteiger partial charge on any atom is 0.253 e. The fraction of sp³-hybridized carbons (Fsp3) is 0.471. The lowest BCUT2D eigenvalue weighted by Gasteiger charge is -2.33. The van der Waals surface area contributed by atoms with Gasteiger partial charge in [0.15, 0.2) is 0 Å². The lowest BCUT2D eigenvalue weighted by atomic mass is 9.92. The van der Waals surface area contributed by atoms with Crippen LogP contribution in [0.3, 0.4) is 0 Å². The molecular formula is C17H21NO3. The van der Waals surface area contributed by atoms with Crippen LogP contribution in [0.5, 0.6) is 5.75 Å². The number of hydrogen-bond acceptors (Lipinski definition) is 3. The molecule has 0 spiro atoms. The van der Waals surface area contributed by atoms with E-state index >= 15 is 0 Å². The summed E-state index contributed by atoms with van der Waals surface area (Å²) in [6.45, 7) is 3.44. The van der Waals surface area contributed by atoms with Crippen molar-refractivity contribution in [3.8, 4) is 18.1 Å². The molecule has 112 valence electrons. The number of likely N-dealkylation sites (tertiary alicyclic amines) is 1. The minimum absolute atomic E-state index is 0.0301. The Balaban J connectivity index is 1.93. The van der Waals surface area contributed by atoms with Crippen LogP contribution >= 0.6 is 0 Å². The highest BCUT2D eigenvalue weighted by molar-refractivity contribution is 5.94. The van der Waals surface area contributed by atoms with E-state index in [1.807, 2.05) is 11.8 Å². The monoisotopic (exact) mass is 287 g/mol. The molecule has 1 aromatic carbocycles. The molecule has 1 amide bonds. The van der Waals surface area contributed by atoms with Gasteiger partial charge in [-0.3, -0.25) is 4.79 Å². The molecule has 4 nitrogen and oxygen atoms in total. The van der Waals surface area contributed by atoms with Crippen molar-refractivity contribution >= 4 is 5.91 Å². The Morgan fingerprint density at radius 2 is 2.05 bits per heavy atom. The van der Waals surface area contributed by atoms with Crippen molar-refractivity contribution in [3.05, 3.63) is 29.8 Å². The molecule has 0 bridgehead atoms. The summed E-state index contributed by atoms with van der Waals surface area (Å²) in [6.07, 6.45) is 6.54. The topological polar surface area (TPSA) is 49.8 Å². The number of aliphatic hydroxyl groups excluding tert-OH is 1. The van der Waals surface area contributed by atoms with Gasteiger partial charge in [-0.1, -0.05) is 5.92 Å². The normalized spacial score (nSPS) is 17.1. The number of hydrogen-bond donors (Lipinski definition) is 1. The highest BCUT2D eigenvalue weighted by Gasteiger charge is 2.25. The zero-order valence-electron chi connectivity index (χ0n) is 12.3. The van der Waals surface area contributed by atoms with E-state index in [1.54, 1.807) is 24.3 Å². The van der Waals surface area contributed by atoms with Crippen LogP contribution in [0.25, 0.3) is 0 Å². The van der Waals surface area contributed by atoms with E-state index in [0.29, 0.717) is 30.3 Å². The minimum Gasteiger partial charge on any atom is -0.481 e. The van der Waals surface area contributed by atoms with Crippen molar-refractivity contribution in [3.63, 3.8) is 0 Å². The predicted octanol–water partition coefficient (Wildman–Crippen LogP) is 1.93. The van der Waals surface area contributed by atoms with E-state index in [1.165, 1.54) is 0 Å². The molecule has 21 heavy (non-hydrogen) atoms. The molecule has 1 heterocycles. The van der Waals surface area contributed by atoms with Gasteiger partial charge in [-0.15, -0.1) is 6.42 Å². The second-order valence-corrected chi connectivity index (χ2v) is 5.39. The molecule has 0 aliphatic carbocycles. The standard InChI is InChI=1S/C17H21NO3/c1-3-12-21-16-6-4-15(5-7-16)17(20)18-10-8-14(9-11-18)13(2)19/h1,4-7,13-14,19H,8-12H2,2H3. The molecule has 1 atom stereocenters. The van der Waals surface area contributed by atoms with Crippen LogP contribution in [-0.4, -0.2) is 41.7 Å². The molecule has 1 N–H and O–H groups in total. The SMILES string of the molecule is C#CCOc1ccc(C(=O)N2CCC(C(C)O)CC2)cc1. The zero-order chi connectivity index (χ0) is 15.2. The molecule has 1 fully saturated rings. The van der Waals surface area contributed by atoms with Gasteiger partial charge in [-0.05, 0) is 49.9 Å². The van der Waals surface area contributed by atoms with Gasteiger partial charge in [0.2, 0.25) is 0 Å². The average Bonchev–Trinajstić information content (AvgIpc) is 2.53. The Morgan fingerprint density at radius 3 is 2.57 bits per heavy atom. The van der Waals surface area contributed by atoms with Crippen molar-refractivity contribution in [2.75, 3.05) is 19.7 Å². The van der Waals surface area contributed by atoms with Gasteiger partial charge in [-0.25, -0.2) is 0 Å². The molecule has 4 heteroatoms. The van der Waals surface area contributed by atoms with Crippen molar-refractivity contribution in [1.29, 1.82) is 0 Å². The summed E-state index contributed by atoms with van der Waals surface area (Å²) >= 11 is 0. The first-order valence-corrected chi connectivity index (χ1v) is 7.25. The Bertz CT molecular complexity index is 508. The largest absolute Gasteiger partial charge is 0.481 e. The summed E-state index contributed by atoms with van der Waals surface area (Å²) < 4.78 is 5.29. The summed E-state index contributed by atoms with van der Waals surface area (Å²) in [7, 11) is 0. The maximum absolute atomic E-state index is 12.4. The van der Waals surface area contributed by atoms with Gasteiger partial charge in [0.05, 0.1) is 6.10 Å². The minimum atomic E-state index is -0.296. The lowest BCUT2D eigenvalue weighted by Crippen LogP contribution is -2.40. The Hall–Kier alpha value is -1.99. The third-order valence-corrected chi connectivity index (χ3v) is 3.93. The van der Waals surface area contributed by atoms with Crippen LogP contribution in [0.1, 0.15) is 30.1 Å². The number of aliphatic hydroxyl groups is 1. The molecule has 1 aromatic rings. The third kappa shape index (κ3) is 3.99. The van der Waals surface area contributed by atoms with Crippen LogP contribution < -0.4 is 4.74 Å². The molecule has 1 aliphatic rings. The van der Waals surface area contributed by atoms with Crippen molar-refractivity contribution in [2.24, 2.45) is 5.92 Å². The summed E-state index contributed by atoms with van der Waals surface area (Å²) in [5.74, 6) is 3.39. The maximum atomic E-state index is 12.4. The second kappa shape index (κ2) is 7.14. The highest BCUT2D eigenvalue weighted by atomic mass is 16.5. The molecule has 1 aliphatic heterocycles. The first-order chi connectivity index (χ1) is 10.1. The fourth-order valence-electron chi connectivity index (χ4n) is 2.59. The van der Waals surface area contributed by atoms with Gasteiger partial charge in [0, 0.05) is 18.7 Å². The van der Waals surface area contributed by atoms with Crippen molar-refractivity contribution in [2.45, 2.75) is 25.9 Å². The molecular weight excluding hydrogens is 266 g/mol. The number of rotatable bonds is 4. The average molecular weight is 287 g/mol. The van der Waals surface area contributed by atoms with Crippen LogP contribution in [0.4, 0.5) is 0 Å². The first kappa shape index (κ1) is 15.4. The summed E-state index contributed by atoms with van der Waals surface area (Å²) in [6, 6.07) is 7.03. The quantitative estimate of drug-likeness (QED) is 0.861. The van der Waals surface area contributed by atoms with E-state index in [4.69, 9.17) is 11.2 Å². The highest BCUT2D eigenvalue weighted by Crippen LogP contribution is 2.22. The van der Waals surface area contributed by atoms with Crippen molar-refractivity contribution in [1.82, 2.24) is 4.90 Å². The number of carbonyl (C=O) groups is 1. The third-order valence-electron chi connectivity index (χ3n) is 3.93. The van der Waals surface area contributed by atoms with Gasteiger partial charge < -0.3 is 14.7 Å². The van der Waals surface area contributed by atoms with Crippen molar-refractivity contribution < 1.29 is 14.6 Å². The molecule has 0 radical (unpaired) electrons. The molecule has 1 unspecified atom stereocenters. The molecule has 1 saturated heterocycles. The van der Waals surface area contributed by atoms with Crippen LogP contribution in [0, 0.1) is 18.3 Å². The van der Waals surface area contributed by atoms with Gasteiger partial charge in [-0.2, -0.15) is 0 Å². The Labute approximate surface area is 125 Å². The summed E-state index contributed by atoms with van der Waals surface area (Å²) in [5, 5.41) is 9.59. The van der Waals surface area contributed by atoms with Gasteiger partial charge in [0.25, 0.3) is 5.91 Å². The zero-order valence-corrected chi connectivity index (χ0v) is 12.3.